The fraction of sp³-hybridized carbons (Fsp3) is 0.600. The van der Waals surface area contributed by atoms with E-state index in [1.165, 1.54) is 0 Å². The van der Waals surface area contributed by atoms with Crippen LogP contribution in [-0.2, 0) is 16.6 Å². The van der Waals surface area contributed by atoms with Gasteiger partial charge >= 0.3 is 0 Å². The molecule has 0 saturated carbocycles. The number of nitrogens with two attached hydrogens (primary N) is 1. The summed E-state index contributed by atoms with van der Waals surface area (Å²) in [4.78, 5) is 0.306. The molecule has 1 aromatic carbocycles. The molecule has 0 aliphatic heterocycles. The maximum Gasteiger partial charge on any atom is 0.241 e. The van der Waals surface area contributed by atoms with E-state index in [4.69, 9.17) is 5.73 Å². The van der Waals surface area contributed by atoms with E-state index in [-0.39, 0.29) is 12.6 Å². The van der Waals surface area contributed by atoms with Gasteiger partial charge in [0.25, 0.3) is 0 Å². The molecule has 0 aliphatic carbocycles. The lowest BCUT2D eigenvalue weighted by Crippen LogP contribution is -2.35. The van der Waals surface area contributed by atoms with Crippen molar-refractivity contribution in [1.82, 2.24) is 4.72 Å². The lowest BCUT2D eigenvalue weighted by Gasteiger charge is -2.19. The zero-order valence-corrected chi connectivity index (χ0v) is 13.2. The first-order valence-electron chi connectivity index (χ1n) is 7.35. The molecule has 20 heavy (non-hydrogen) atoms. The fourth-order valence-electron chi connectivity index (χ4n) is 2.28. The molecule has 0 radical (unpaired) electrons. The second-order valence-corrected chi connectivity index (χ2v) is 6.74. The van der Waals surface area contributed by atoms with Gasteiger partial charge in [-0.3, -0.25) is 0 Å². The molecule has 1 unspecified atom stereocenters. The minimum absolute atomic E-state index is 0.00998. The predicted octanol–water partition coefficient (Wildman–Crippen LogP) is 2.78. The van der Waals surface area contributed by atoms with Crippen LogP contribution in [0.4, 0.5) is 0 Å². The van der Waals surface area contributed by atoms with Gasteiger partial charge in [0.15, 0.2) is 0 Å². The van der Waals surface area contributed by atoms with E-state index in [9.17, 15) is 8.42 Å². The molecule has 1 aromatic rings. The number of nitrogens with one attached hydrogen (secondary N) is 1. The number of hydrogen-bond donors (Lipinski definition) is 2. The smallest absolute Gasteiger partial charge is 0.241 e. The summed E-state index contributed by atoms with van der Waals surface area (Å²) in [5.74, 6) is 0. The third-order valence-corrected chi connectivity index (χ3v) is 4.97. The van der Waals surface area contributed by atoms with Crippen LogP contribution in [-0.4, -0.2) is 14.5 Å². The van der Waals surface area contributed by atoms with Crippen LogP contribution in [0, 0.1) is 0 Å². The van der Waals surface area contributed by atoms with Crippen molar-refractivity contribution in [1.29, 1.82) is 0 Å². The largest absolute Gasteiger partial charge is 0.326 e. The Morgan fingerprint density at radius 1 is 1.15 bits per heavy atom. The molecule has 0 saturated heterocycles. The van der Waals surface area contributed by atoms with E-state index in [1.807, 2.05) is 6.07 Å². The Kier molecular flexibility index (Phi) is 7.19. The van der Waals surface area contributed by atoms with Gasteiger partial charge < -0.3 is 5.73 Å². The Morgan fingerprint density at radius 2 is 1.85 bits per heavy atom. The van der Waals surface area contributed by atoms with E-state index in [0.29, 0.717) is 10.5 Å². The highest BCUT2D eigenvalue weighted by Gasteiger charge is 2.21. The number of sulfonamides is 1. The molecular formula is C15H26N2O2S. The quantitative estimate of drug-likeness (QED) is 0.736. The van der Waals surface area contributed by atoms with Crippen LogP contribution in [0.1, 0.15) is 51.5 Å². The summed E-state index contributed by atoms with van der Waals surface area (Å²) in [5, 5.41) is 0. The summed E-state index contributed by atoms with van der Waals surface area (Å²) in [5.41, 5.74) is 6.28. The number of rotatable bonds is 9. The highest BCUT2D eigenvalue weighted by molar-refractivity contribution is 7.89. The molecule has 0 bridgehead atoms. The first-order chi connectivity index (χ1) is 9.55. The minimum Gasteiger partial charge on any atom is -0.326 e. The van der Waals surface area contributed by atoms with Gasteiger partial charge in [0.1, 0.15) is 0 Å². The average Bonchev–Trinajstić information content (AvgIpc) is 2.44. The molecule has 1 atom stereocenters. The molecule has 3 N–H and O–H groups in total. The number of benzene rings is 1. The number of hydrogen-bond acceptors (Lipinski definition) is 3. The maximum atomic E-state index is 12.5. The molecule has 0 heterocycles. The summed E-state index contributed by atoms with van der Waals surface area (Å²) in [6, 6.07) is 6.93. The highest BCUT2D eigenvalue weighted by Crippen LogP contribution is 2.17. The summed E-state index contributed by atoms with van der Waals surface area (Å²) < 4.78 is 27.8. The fourth-order valence-corrected chi connectivity index (χ4v) is 3.83. The molecule has 114 valence electrons. The Labute approximate surface area is 122 Å². The van der Waals surface area contributed by atoms with Gasteiger partial charge in [0.2, 0.25) is 10.0 Å². The van der Waals surface area contributed by atoms with E-state index in [2.05, 4.69) is 18.6 Å². The molecule has 0 amide bonds. The first-order valence-corrected chi connectivity index (χ1v) is 8.83. The van der Waals surface area contributed by atoms with Gasteiger partial charge in [-0.15, -0.1) is 0 Å². The Bertz CT molecular complexity index is 500. The second kappa shape index (κ2) is 8.39. The van der Waals surface area contributed by atoms with Crippen molar-refractivity contribution in [2.45, 2.75) is 63.4 Å². The third-order valence-electron chi connectivity index (χ3n) is 3.35. The standard InChI is InChI=1S/C15H26N2O2S/c1-3-5-10-14(8-4-2)17-20(18,19)15-11-7-6-9-13(15)12-16/h6-7,9,11,14,17H,3-5,8,10,12,16H2,1-2H3. The highest BCUT2D eigenvalue weighted by atomic mass is 32.2. The Hall–Kier alpha value is -0.910. The van der Waals surface area contributed by atoms with Gasteiger partial charge in [-0.2, -0.15) is 0 Å². The van der Waals surface area contributed by atoms with E-state index < -0.39 is 10.0 Å². The molecule has 0 aromatic heterocycles. The molecule has 0 fully saturated rings. The molecule has 5 heteroatoms. The van der Waals surface area contributed by atoms with Crippen molar-refractivity contribution in [2.75, 3.05) is 0 Å². The van der Waals surface area contributed by atoms with Crippen molar-refractivity contribution >= 4 is 10.0 Å². The topological polar surface area (TPSA) is 72.2 Å². The molecule has 0 aliphatic rings. The van der Waals surface area contributed by atoms with E-state index >= 15 is 0 Å². The van der Waals surface area contributed by atoms with E-state index in [0.717, 1.165) is 32.1 Å². The SMILES string of the molecule is CCCCC(CCC)NS(=O)(=O)c1ccccc1CN. The van der Waals surface area contributed by atoms with Crippen molar-refractivity contribution in [3.05, 3.63) is 29.8 Å². The predicted molar refractivity (Wildman–Crippen MR) is 82.9 cm³/mol. The second-order valence-electron chi connectivity index (χ2n) is 5.06. The molecule has 1 rings (SSSR count). The Balaban J connectivity index is 2.91. The number of unbranched alkanes of at least 4 members (excludes halogenated alkanes) is 1. The van der Waals surface area contributed by atoms with Crippen molar-refractivity contribution in [2.24, 2.45) is 5.73 Å². The van der Waals surface area contributed by atoms with Crippen LogP contribution in [0.5, 0.6) is 0 Å². The molecule has 0 spiro atoms. The minimum atomic E-state index is -3.48. The summed E-state index contributed by atoms with van der Waals surface area (Å²) >= 11 is 0. The van der Waals surface area contributed by atoms with Crippen LogP contribution in [0.3, 0.4) is 0 Å². The summed E-state index contributed by atoms with van der Waals surface area (Å²) in [6.45, 7) is 4.41. The lowest BCUT2D eigenvalue weighted by atomic mass is 10.1. The van der Waals surface area contributed by atoms with Gasteiger partial charge in [-0.05, 0) is 24.5 Å². The zero-order chi connectivity index (χ0) is 15.0. The summed E-state index contributed by atoms with van der Waals surface area (Å²) in [6.07, 6.45) is 4.82. The lowest BCUT2D eigenvalue weighted by molar-refractivity contribution is 0.483. The van der Waals surface area contributed by atoms with Crippen LogP contribution in [0.2, 0.25) is 0 Å². The zero-order valence-electron chi connectivity index (χ0n) is 12.4. The summed E-state index contributed by atoms with van der Waals surface area (Å²) in [7, 11) is -3.48. The van der Waals surface area contributed by atoms with Gasteiger partial charge in [0.05, 0.1) is 4.90 Å². The maximum absolute atomic E-state index is 12.5. The monoisotopic (exact) mass is 298 g/mol. The Morgan fingerprint density at radius 3 is 2.45 bits per heavy atom. The average molecular weight is 298 g/mol. The van der Waals surface area contributed by atoms with E-state index in [1.54, 1.807) is 18.2 Å². The molecular weight excluding hydrogens is 272 g/mol. The van der Waals surface area contributed by atoms with Crippen molar-refractivity contribution in [3.63, 3.8) is 0 Å². The van der Waals surface area contributed by atoms with Crippen LogP contribution < -0.4 is 10.5 Å². The van der Waals surface area contributed by atoms with Gasteiger partial charge in [0, 0.05) is 12.6 Å². The van der Waals surface area contributed by atoms with Crippen LogP contribution in [0.15, 0.2) is 29.2 Å². The third kappa shape index (κ3) is 4.89. The van der Waals surface area contributed by atoms with Crippen molar-refractivity contribution in [3.8, 4) is 0 Å². The van der Waals surface area contributed by atoms with Gasteiger partial charge in [-0.1, -0.05) is 51.3 Å². The molecule has 4 nitrogen and oxygen atoms in total. The van der Waals surface area contributed by atoms with Crippen LogP contribution >= 0.6 is 0 Å². The van der Waals surface area contributed by atoms with Gasteiger partial charge in [-0.25, -0.2) is 13.1 Å². The normalized spacial score (nSPS) is 13.3. The van der Waals surface area contributed by atoms with Crippen LogP contribution in [0.25, 0.3) is 0 Å². The first kappa shape index (κ1) is 17.1. The van der Waals surface area contributed by atoms with Crippen molar-refractivity contribution < 1.29 is 8.42 Å².